The average molecular weight is 622 g/mol. The first-order valence-electron chi connectivity index (χ1n) is 15.7. The molecule has 1 amide bonds. The predicted octanol–water partition coefficient (Wildman–Crippen LogP) is 6.21. The average Bonchev–Trinajstić information content (AvgIpc) is 2.96. The molecule has 0 radical (unpaired) electrons. The summed E-state index contributed by atoms with van der Waals surface area (Å²) in [5.74, 6) is -2.47. The Morgan fingerprint density at radius 3 is 1.79 bits per heavy atom. The number of ether oxygens (including phenoxy) is 1. The van der Waals surface area contributed by atoms with Gasteiger partial charge in [-0.05, 0) is 32.1 Å². The molecule has 3 unspecified atom stereocenters. The summed E-state index contributed by atoms with van der Waals surface area (Å²) >= 11 is 0. The van der Waals surface area contributed by atoms with Crippen molar-refractivity contribution in [1.82, 2.24) is 5.32 Å². The van der Waals surface area contributed by atoms with Gasteiger partial charge >= 0.3 is 19.8 Å². The van der Waals surface area contributed by atoms with Crippen LogP contribution < -0.4 is 5.32 Å². The van der Waals surface area contributed by atoms with Gasteiger partial charge in [-0.2, -0.15) is 0 Å². The molecule has 0 heterocycles. The molecular formula is C30H56NO10P. The van der Waals surface area contributed by atoms with Crippen molar-refractivity contribution in [3.05, 3.63) is 12.2 Å². The van der Waals surface area contributed by atoms with Gasteiger partial charge < -0.3 is 25.2 Å². The van der Waals surface area contributed by atoms with Crippen molar-refractivity contribution in [3.63, 3.8) is 0 Å². The van der Waals surface area contributed by atoms with Gasteiger partial charge in [0.1, 0.15) is 12.7 Å². The molecule has 11 nitrogen and oxygen atoms in total. The quantitative estimate of drug-likeness (QED) is 0.0326. The smallest absolute Gasteiger partial charge is 0.472 e. The summed E-state index contributed by atoms with van der Waals surface area (Å²) in [4.78, 5) is 44.4. The Bertz CT molecular complexity index is 792. The van der Waals surface area contributed by atoms with Crippen molar-refractivity contribution in [3.8, 4) is 0 Å². The van der Waals surface area contributed by atoms with Crippen LogP contribution in [0.5, 0.6) is 0 Å². The fraction of sp³-hybridized carbons (Fsp3) is 0.833. The maximum Gasteiger partial charge on any atom is 0.472 e. The highest BCUT2D eigenvalue weighted by Crippen LogP contribution is 2.43. The van der Waals surface area contributed by atoms with Gasteiger partial charge in [-0.15, -0.1) is 0 Å². The van der Waals surface area contributed by atoms with Crippen LogP contribution in [0.3, 0.4) is 0 Å². The number of hydrogen-bond donors (Lipinski definition) is 4. The molecule has 0 saturated heterocycles. The number of carboxylic acids is 1. The van der Waals surface area contributed by atoms with Crippen molar-refractivity contribution in [1.29, 1.82) is 0 Å². The molecule has 246 valence electrons. The maximum absolute atomic E-state index is 12.1. The molecular weight excluding hydrogens is 565 g/mol. The number of aliphatic hydroxyl groups excluding tert-OH is 1. The lowest BCUT2D eigenvalue weighted by atomic mass is 10.1. The minimum absolute atomic E-state index is 0.106. The van der Waals surface area contributed by atoms with Crippen molar-refractivity contribution in [2.45, 2.75) is 142 Å². The number of carbonyl (C=O) groups excluding carboxylic acids is 2. The lowest BCUT2D eigenvalue weighted by Gasteiger charge is -2.18. The number of amides is 1. The van der Waals surface area contributed by atoms with E-state index in [2.05, 4.69) is 38.2 Å². The van der Waals surface area contributed by atoms with Crippen LogP contribution in [-0.4, -0.2) is 64.9 Å². The van der Waals surface area contributed by atoms with Crippen LogP contribution in [0.1, 0.15) is 129 Å². The fourth-order valence-electron chi connectivity index (χ4n) is 4.05. The second-order valence-electron chi connectivity index (χ2n) is 10.6. The van der Waals surface area contributed by atoms with Crippen LogP contribution in [0, 0.1) is 0 Å². The molecule has 0 aliphatic heterocycles. The lowest BCUT2D eigenvalue weighted by Crippen LogP contribution is -2.43. The number of hydrogen-bond acceptors (Lipinski definition) is 8. The number of esters is 1. The number of unbranched alkanes of at least 4 members (excludes halogenated alkanes) is 14. The monoisotopic (exact) mass is 621 g/mol. The molecule has 0 spiro atoms. The summed E-state index contributed by atoms with van der Waals surface area (Å²) in [5, 5.41) is 21.2. The third kappa shape index (κ3) is 25.9. The Morgan fingerprint density at radius 2 is 1.26 bits per heavy atom. The van der Waals surface area contributed by atoms with Crippen molar-refractivity contribution in [2.75, 3.05) is 19.8 Å². The zero-order valence-electron chi connectivity index (χ0n) is 25.8. The largest absolute Gasteiger partial charge is 0.480 e. The molecule has 0 fully saturated rings. The number of carbonyl (C=O) groups is 3. The van der Waals surface area contributed by atoms with Crippen LogP contribution in [-0.2, 0) is 32.7 Å². The van der Waals surface area contributed by atoms with Gasteiger partial charge in [0.15, 0.2) is 6.04 Å². The summed E-state index contributed by atoms with van der Waals surface area (Å²) in [5.41, 5.74) is 0. The Hall–Kier alpha value is -1.78. The van der Waals surface area contributed by atoms with Crippen LogP contribution in [0.25, 0.3) is 0 Å². The van der Waals surface area contributed by atoms with Gasteiger partial charge in [-0.25, -0.2) is 9.36 Å². The topological polar surface area (TPSA) is 169 Å². The number of carboxylic acid groups (broad SMARTS) is 1. The maximum atomic E-state index is 12.1. The highest BCUT2D eigenvalue weighted by atomic mass is 31.2. The Labute approximate surface area is 252 Å². The number of phosphoric ester groups is 1. The molecule has 42 heavy (non-hydrogen) atoms. The Morgan fingerprint density at radius 1 is 0.762 bits per heavy atom. The molecule has 0 aromatic heterocycles. The summed E-state index contributed by atoms with van der Waals surface area (Å²) in [6.07, 6.45) is 22.3. The predicted molar refractivity (Wildman–Crippen MR) is 162 cm³/mol. The molecule has 12 heteroatoms. The van der Waals surface area contributed by atoms with Crippen molar-refractivity contribution < 1.29 is 47.8 Å². The molecule has 0 rings (SSSR count). The van der Waals surface area contributed by atoms with Crippen molar-refractivity contribution >= 4 is 25.7 Å². The Balaban J connectivity index is 3.87. The van der Waals surface area contributed by atoms with E-state index in [1.807, 2.05) is 0 Å². The first-order chi connectivity index (χ1) is 20.1. The molecule has 0 saturated carbocycles. The second-order valence-corrected chi connectivity index (χ2v) is 12.1. The van der Waals surface area contributed by atoms with E-state index in [9.17, 15) is 34.1 Å². The SMILES string of the molecule is CCCCCCCCC/C=C\CCCCCCCCCC(=O)NC(COP(=O)(O)OCC(O)COC(=O)CC)C(=O)O. The van der Waals surface area contributed by atoms with Gasteiger partial charge in [-0.1, -0.05) is 96.6 Å². The molecule has 0 aliphatic carbocycles. The zero-order valence-corrected chi connectivity index (χ0v) is 26.7. The van der Waals surface area contributed by atoms with E-state index in [1.54, 1.807) is 6.92 Å². The number of aliphatic hydroxyl groups is 1. The number of allylic oxidation sites excluding steroid dienone is 2. The Kier molecular flexibility index (Phi) is 25.7. The first-order valence-corrected chi connectivity index (χ1v) is 17.2. The standard InChI is InChI=1S/C30H56NO10P/c1-3-5-6-7-8-9-10-11-12-13-14-15-16-17-18-19-20-21-22-28(33)31-27(30(35)36)25-41-42(37,38)40-24-26(32)23-39-29(34)4-2/h12-13,26-27,32H,3-11,14-25H2,1-2H3,(H,31,33)(H,35,36)(H,37,38)/b13-12-. The normalized spacial score (nSPS) is 14.4. The molecule has 0 aliphatic rings. The molecule has 3 atom stereocenters. The van der Waals surface area contributed by atoms with Gasteiger partial charge in [0.2, 0.25) is 5.91 Å². The number of aliphatic carboxylic acids is 1. The lowest BCUT2D eigenvalue weighted by molar-refractivity contribution is -0.146. The van der Waals surface area contributed by atoms with E-state index in [4.69, 9.17) is 0 Å². The third-order valence-electron chi connectivity index (χ3n) is 6.61. The minimum Gasteiger partial charge on any atom is -0.480 e. The van der Waals surface area contributed by atoms with Crippen LogP contribution >= 0.6 is 7.82 Å². The van der Waals surface area contributed by atoms with Gasteiger partial charge in [-0.3, -0.25) is 18.6 Å². The van der Waals surface area contributed by atoms with E-state index >= 15 is 0 Å². The van der Waals surface area contributed by atoms with Crippen LogP contribution in [0.15, 0.2) is 12.2 Å². The molecule has 4 N–H and O–H groups in total. The van der Waals surface area contributed by atoms with E-state index in [-0.39, 0.29) is 12.8 Å². The van der Waals surface area contributed by atoms with E-state index < -0.39 is 57.6 Å². The summed E-state index contributed by atoms with van der Waals surface area (Å²) in [7, 11) is -4.71. The van der Waals surface area contributed by atoms with Gasteiger partial charge in [0.05, 0.1) is 13.2 Å². The fourth-order valence-corrected chi connectivity index (χ4v) is 4.83. The molecule has 0 aromatic rings. The summed E-state index contributed by atoms with van der Waals surface area (Å²) in [6.45, 7) is 1.90. The summed E-state index contributed by atoms with van der Waals surface area (Å²) in [6, 6.07) is -1.54. The van der Waals surface area contributed by atoms with Crippen LogP contribution in [0.4, 0.5) is 0 Å². The second kappa shape index (κ2) is 26.8. The van der Waals surface area contributed by atoms with E-state index in [1.165, 1.54) is 64.2 Å². The summed E-state index contributed by atoms with van der Waals surface area (Å²) < 4.78 is 25.9. The zero-order chi connectivity index (χ0) is 31.5. The first kappa shape index (κ1) is 40.2. The molecule has 0 aromatic carbocycles. The minimum atomic E-state index is -4.71. The number of rotatable bonds is 29. The molecule has 0 bridgehead atoms. The highest BCUT2D eigenvalue weighted by molar-refractivity contribution is 7.47. The van der Waals surface area contributed by atoms with E-state index in [0.29, 0.717) is 6.42 Å². The van der Waals surface area contributed by atoms with Gasteiger partial charge in [0.25, 0.3) is 0 Å². The van der Waals surface area contributed by atoms with E-state index in [0.717, 1.165) is 32.1 Å². The number of phosphoric acid groups is 1. The van der Waals surface area contributed by atoms with Gasteiger partial charge in [0, 0.05) is 12.8 Å². The number of nitrogens with one attached hydrogen (secondary N) is 1. The third-order valence-corrected chi connectivity index (χ3v) is 7.56. The highest BCUT2D eigenvalue weighted by Gasteiger charge is 2.28. The van der Waals surface area contributed by atoms with Crippen molar-refractivity contribution in [2.24, 2.45) is 0 Å². The van der Waals surface area contributed by atoms with Crippen LogP contribution in [0.2, 0.25) is 0 Å².